The smallest absolute Gasteiger partial charge is 0.206 e. The number of hydrogen-bond donors (Lipinski definition) is 0. The Hall–Kier alpha value is -0.686. The molecule has 3 heterocycles. The van der Waals surface area contributed by atoms with E-state index in [4.69, 9.17) is 8.85 Å². The topological polar surface area (TPSA) is 18.5 Å². The minimum Gasteiger partial charge on any atom is -0.449 e. The van der Waals surface area contributed by atoms with Crippen LogP contribution in [-0.4, -0.2) is 16.6 Å². The lowest BCUT2D eigenvalue weighted by atomic mass is 9.97. The van der Waals surface area contributed by atoms with Gasteiger partial charge in [-0.15, -0.1) is 0 Å². The minimum absolute atomic E-state index is 0.200. The van der Waals surface area contributed by atoms with E-state index in [0.29, 0.717) is 0 Å². The standard InChI is InChI=1S/C14H18O2Si2/c1-17(2)13-7-9-10(12-6-5-11(9)15-12)8-14(13)18(3,4)16-17/h5-8,11-12H,1-4H3/t11-,12+. The molecule has 2 nitrogen and oxygen atoms in total. The van der Waals surface area contributed by atoms with Gasteiger partial charge in [-0.25, -0.2) is 0 Å². The Morgan fingerprint density at radius 3 is 1.72 bits per heavy atom. The van der Waals surface area contributed by atoms with Crippen molar-refractivity contribution in [1.29, 1.82) is 0 Å². The van der Waals surface area contributed by atoms with Crippen LogP contribution in [-0.2, 0) is 8.85 Å². The van der Waals surface area contributed by atoms with Gasteiger partial charge in [-0.05, 0) is 47.7 Å². The van der Waals surface area contributed by atoms with Gasteiger partial charge in [0.25, 0.3) is 0 Å². The molecule has 3 aliphatic heterocycles. The van der Waals surface area contributed by atoms with E-state index < -0.39 is 16.6 Å². The summed E-state index contributed by atoms with van der Waals surface area (Å²) in [6.45, 7) is 9.29. The van der Waals surface area contributed by atoms with Gasteiger partial charge in [0, 0.05) is 0 Å². The molecule has 0 saturated heterocycles. The Morgan fingerprint density at radius 2 is 1.28 bits per heavy atom. The second-order valence-corrected chi connectivity index (χ2v) is 14.4. The van der Waals surface area contributed by atoms with Crippen molar-refractivity contribution in [2.75, 3.05) is 0 Å². The van der Waals surface area contributed by atoms with Crippen LogP contribution in [0.15, 0.2) is 24.3 Å². The average Bonchev–Trinajstić information content (AvgIpc) is 2.90. The third kappa shape index (κ3) is 1.24. The molecule has 0 aromatic heterocycles. The van der Waals surface area contributed by atoms with E-state index in [2.05, 4.69) is 50.5 Å². The summed E-state index contributed by atoms with van der Waals surface area (Å²) in [4.78, 5) is 0. The first-order valence-corrected chi connectivity index (χ1v) is 12.4. The number of fused-ring (bicyclic) bond motifs is 6. The van der Waals surface area contributed by atoms with E-state index in [1.54, 1.807) is 0 Å². The number of rotatable bonds is 0. The van der Waals surface area contributed by atoms with Crippen molar-refractivity contribution in [2.24, 2.45) is 0 Å². The lowest BCUT2D eigenvalue weighted by Crippen LogP contribution is -2.44. The first-order chi connectivity index (χ1) is 8.38. The van der Waals surface area contributed by atoms with Gasteiger partial charge in [0.05, 0.1) is 0 Å². The van der Waals surface area contributed by atoms with Crippen LogP contribution < -0.4 is 10.4 Å². The summed E-state index contributed by atoms with van der Waals surface area (Å²) in [7, 11) is -3.37. The molecule has 0 radical (unpaired) electrons. The molecular formula is C14H18O2Si2. The molecule has 0 amide bonds. The van der Waals surface area contributed by atoms with E-state index in [-0.39, 0.29) is 12.2 Å². The molecule has 0 saturated carbocycles. The lowest BCUT2D eigenvalue weighted by molar-refractivity contribution is 0.0879. The largest absolute Gasteiger partial charge is 0.449 e. The van der Waals surface area contributed by atoms with Gasteiger partial charge in [0.2, 0.25) is 16.6 Å². The maximum absolute atomic E-state index is 6.49. The molecule has 2 bridgehead atoms. The maximum Gasteiger partial charge on any atom is 0.206 e. The van der Waals surface area contributed by atoms with Crippen LogP contribution >= 0.6 is 0 Å². The normalized spacial score (nSPS) is 32.7. The molecule has 4 rings (SSSR count). The number of ether oxygens (including phenoxy) is 1. The molecule has 0 spiro atoms. The van der Waals surface area contributed by atoms with Gasteiger partial charge in [0.1, 0.15) is 12.2 Å². The van der Waals surface area contributed by atoms with Gasteiger partial charge in [0.15, 0.2) is 0 Å². The minimum atomic E-state index is -1.68. The summed E-state index contributed by atoms with van der Waals surface area (Å²) in [6, 6.07) is 4.79. The van der Waals surface area contributed by atoms with Gasteiger partial charge in [-0.2, -0.15) is 0 Å². The predicted octanol–water partition coefficient (Wildman–Crippen LogP) is 2.22. The third-order valence-electron chi connectivity index (χ3n) is 4.40. The van der Waals surface area contributed by atoms with Crippen molar-refractivity contribution in [3.05, 3.63) is 35.4 Å². The molecule has 0 fully saturated rings. The molecule has 0 unspecified atom stereocenters. The van der Waals surface area contributed by atoms with Gasteiger partial charge >= 0.3 is 0 Å². The summed E-state index contributed by atoms with van der Waals surface area (Å²) in [6.07, 6.45) is 4.77. The first kappa shape index (κ1) is 11.2. The average molecular weight is 274 g/mol. The Morgan fingerprint density at radius 1 is 0.833 bits per heavy atom. The number of hydrogen-bond acceptors (Lipinski definition) is 2. The zero-order valence-electron chi connectivity index (χ0n) is 11.3. The predicted molar refractivity (Wildman–Crippen MR) is 77.5 cm³/mol. The van der Waals surface area contributed by atoms with E-state index in [1.165, 1.54) is 21.5 Å². The van der Waals surface area contributed by atoms with Crippen LogP contribution in [0.25, 0.3) is 0 Å². The quantitative estimate of drug-likeness (QED) is 0.533. The molecule has 2 atom stereocenters. The van der Waals surface area contributed by atoms with Crippen LogP contribution in [0.5, 0.6) is 0 Å². The summed E-state index contributed by atoms with van der Waals surface area (Å²) < 4.78 is 12.4. The number of benzene rings is 1. The highest BCUT2D eigenvalue weighted by Crippen LogP contribution is 2.45. The van der Waals surface area contributed by atoms with Gasteiger partial charge in [-0.1, -0.05) is 24.3 Å². The van der Waals surface area contributed by atoms with Crippen LogP contribution in [0.2, 0.25) is 26.2 Å². The van der Waals surface area contributed by atoms with E-state index in [0.717, 1.165) is 0 Å². The van der Waals surface area contributed by atoms with E-state index >= 15 is 0 Å². The van der Waals surface area contributed by atoms with Crippen LogP contribution in [0.1, 0.15) is 23.3 Å². The lowest BCUT2D eigenvalue weighted by Gasteiger charge is -2.22. The Kier molecular flexibility index (Phi) is 1.90. The summed E-state index contributed by atoms with van der Waals surface area (Å²) >= 11 is 0. The monoisotopic (exact) mass is 274 g/mol. The van der Waals surface area contributed by atoms with Crippen molar-refractivity contribution in [3.8, 4) is 0 Å². The highest BCUT2D eigenvalue weighted by Gasteiger charge is 2.48. The maximum atomic E-state index is 6.49. The SMILES string of the molecule is C[Si]1(C)O[Si](C)(C)c2cc3c(cc21)[C@@H]1C=C[C@H]3O1. The molecule has 0 aliphatic carbocycles. The van der Waals surface area contributed by atoms with Crippen molar-refractivity contribution in [2.45, 2.75) is 38.4 Å². The van der Waals surface area contributed by atoms with E-state index in [9.17, 15) is 0 Å². The fourth-order valence-corrected chi connectivity index (χ4v) is 13.9. The second kappa shape index (κ2) is 3.07. The van der Waals surface area contributed by atoms with Crippen molar-refractivity contribution >= 4 is 27.0 Å². The second-order valence-electron chi connectivity index (χ2n) is 6.51. The Balaban J connectivity index is 1.98. The molecule has 1 aromatic carbocycles. The van der Waals surface area contributed by atoms with Crippen molar-refractivity contribution < 1.29 is 8.85 Å². The third-order valence-corrected chi connectivity index (χ3v) is 12.2. The van der Waals surface area contributed by atoms with Crippen molar-refractivity contribution in [3.63, 3.8) is 0 Å². The molecule has 1 aromatic rings. The van der Waals surface area contributed by atoms with Crippen molar-refractivity contribution in [1.82, 2.24) is 0 Å². The fourth-order valence-electron chi connectivity index (χ4n) is 3.67. The van der Waals surface area contributed by atoms with Gasteiger partial charge in [-0.3, -0.25) is 0 Å². The Labute approximate surface area is 110 Å². The zero-order chi connectivity index (χ0) is 12.7. The van der Waals surface area contributed by atoms with Crippen LogP contribution in [0.4, 0.5) is 0 Å². The van der Waals surface area contributed by atoms with Crippen LogP contribution in [0, 0.1) is 0 Å². The Bertz CT molecular complexity index is 541. The summed E-state index contributed by atoms with van der Waals surface area (Å²) in [5, 5.41) is 3.03. The molecule has 94 valence electrons. The highest BCUT2D eigenvalue weighted by atomic mass is 28.4. The summed E-state index contributed by atoms with van der Waals surface area (Å²) in [5.41, 5.74) is 2.77. The van der Waals surface area contributed by atoms with Crippen LogP contribution in [0.3, 0.4) is 0 Å². The molecule has 3 aliphatic rings. The van der Waals surface area contributed by atoms with Gasteiger partial charge < -0.3 is 8.85 Å². The zero-order valence-corrected chi connectivity index (χ0v) is 13.3. The molecule has 0 N–H and O–H groups in total. The highest BCUT2D eigenvalue weighted by molar-refractivity contribution is 7.05. The molecule has 4 heteroatoms. The van der Waals surface area contributed by atoms with E-state index in [1.807, 2.05) is 0 Å². The first-order valence-electron chi connectivity index (χ1n) is 6.61. The fraction of sp³-hybridized carbons (Fsp3) is 0.429. The summed E-state index contributed by atoms with van der Waals surface area (Å²) in [5.74, 6) is 0. The molecular weight excluding hydrogens is 256 g/mol. The molecule has 18 heavy (non-hydrogen) atoms.